The van der Waals surface area contributed by atoms with Gasteiger partial charge in [-0.25, -0.2) is 0 Å². The van der Waals surface area contributed by atoms with Crippen LogP contribution >= 0.6 is 0 Å². The number of carbonyl (C=O) groups is 1. The van der Waals surface area contributed by atoms with Crippen molar-refractivity contribution in [1.82, 2.24) is 4.90 Å². The van der Waals surface area contributed by atoms with Crippen LogP contribution in [0.15, 0.2) is 66.7 Å². The SMILES string of the molecule is CCC(=O)N(c1ccc2cc(OC)ccc2c1)C1CCN(Cc2ccccc2)CC1. The molecule has 1 heterocycles. The molecule has 156 valence electrons. The number of carbonyl (C=O) groups excluding carboxylic acids is 1. The van der Waals surface area contributed by atoms with Crippen molar-refractivity contribution in [2.45, 2.75) is 38.8 Å². The van der Waals surface area contributed by atoms with Gasteiger partial charge in [0, 0.05) is 37.8 Å². The molecule has 4 nitrogen and oxygen atoms in total. The summed E-state index contributed by atoms with van der Waals surface area (Å²) in [4.78, 5) is 17.5. The fraction of sp³-hybridized carbons (Fsp3) is 0.346. The Morgan fingerprint density at radius 3 is 2.40 bits per heavy atom. The topological polar surface area (TPSA) is 32.8 Å². The Bertz CT molecular complexity index is 994. The standard InChI is InChI=1S/C26H30N2O2/c1-3-26(29)28(24-11-9-22-18-25(30-2)12-10-21(22)17-24)23-13-15-27(16-14-23)19-20-7-5-4-6-8-20/h4-12,17-18,23H,3,13-16,19H2,1-2H3. The summed E-state index contributed by atoms with van der Waals surface area (Å²) in [7, 11) is 1.68. The summed E-state index contributed by atoms with van der Waals surface area (Å²) in [5.74, 6) is 1.05. The number of benzene rings is 3. The molecular weight excluding hydrogens is 372 g/mol. The molecule has 4 heteroatoms. The average Bonchev–Trinajstić information content (AvgIpc) is 2.80. The normalized spacial score (nSPS) is 15.3. The lowest BCUT2D eigenvalue weighted by Gasteiger charge is -2.38. The van der Waals surface area contributed by atoms with Crippen molar-refractivity contribution in [2.24, 2.45) is 0 Å². The highest BCUT2D eigenvalue weighted by atomic mass is 16.5. The third kappa shape index (κ3) is 4.49. The smallest absolute Gasteiger partial charge is 0.226 e. The molecule has 0 unspecified atom stereocenters. The third-order valence-electron chi connectivity index (χ3n) is 6.05. The molecule has 3 aromatic rings. The highest BCUT2D eigenvalue weighted by Crippen LogP contribution is 2.30. The van der Waals surface area contributed by atoms with Crippen LogP contribution in [0, 0.1) is 0 Å². The predicted octanol–water partition coefficient (Wildman–Crippen LogP) is 5.26. The van der Waals surface area contributed by atoms with E-state index in [-0.39, 0.29) is 11.9 Å². The summed E-state index contributed by atoms with van der Waals surface area (Å²) in [6.07, 6.45) is 2.52. The molecule has 1 amide bonds. The summed E-state index contributed by atoms with van der Waals surface area (Å²) in [5.41, 5.74) is 2.35. The second kappa shape index (κ2) is 9.31. The number of hydrogen-bond acceptors (Lipinski definition) is 3. The minimum absolute atomic E-state index is 0.198. The van der Waals surface area contributed by atoms with Gasteiger partial charge in [-0.1, -0.05) is 49.4 Å². The van der Waals surface area contributed by atoms with E-state index in [0.717, 1.165) is 54.7 Å². The van der Waals surface area contributed by atoms with Crippen LogP contribution in [0.2, 0.25) is 0 Å². The summed E-state index contributed by atoms with van der Waals surface area (Å²) >= 11 is 0. The van der Waals surface area contributed by atoms with Gasteiger partial charge in [-0.3, -0.25) is 9.69 Å². The van der Waals surface area contributed by atoms with Crippen LogP contribution in [0.4, 0.5) is 5.69 Å². The number of likely N-dealkylation sites (tertiary alicyclic amines) is 1. The summed E-state index contributed by atoms with van der Waals surface area (Å²) in [6, 6.07) is 23.2. The van der Waals surface area contributed by atoms with Gasteiger partial charge in [0.05, 0.1) is 7.11 Å². The monoisotopic (exact) mass is 402 g/mol. The minimum Gasteiger partial charge on any atom is -0.497 e. The fourth-order valence-corrected chi connectivity index (χ4v) is 4.39. The first kappa shape index (κ1) is 20.4. The first-order chi connectivity index (χ1) is 14.7. The maximum absolute atomic E-state index is 12.9. The molecule has 0 bridgehead atoms. The number of ether oxygens (including phenoxy) is 1. The van der Waals surface area contributed by atoms with E-state index in [4.69, 9.17) is 4.74 Å². The maximum Gasteiger partial charge on any atom is 0.226 e. The Hall–Kier alpha value is -2.85. The second-order valence-electron chi connectivity index (χ2n) is 8.01. The fourth-order valence-electron chi connectivity index (χ4n) is 4.39. The van der Waals surface area contributed by atoms with Crippen LogP contribution in [0.25, 0.3) is 10.8 Å². The van der Waals surface area contributed by atoms with E-state index >= 15 is 0 Å². The van der Waals surface area contributed by atoms with Crippen molar-refractivity contribution in [3.8, 4) is 5.75 Å². The van der Waals surface area contributed by atoms with Crippen molar-refractivity contribution >= 4 is 22.4 Å². The zero-order chi connectivity index (χ0) is 20.9. The zero-order valence-electron chi connectivity index (χ0n) is 17.9. The van der Waals surface area contributed by atoms with Gasteiger partial charge >= 0.3 is 0 Å². The van der Waals surface area contributed by atoms with E-state index in [1.165, 1.54) is 5.56 Å². The van der Waals surface area contributed by atoms with E-state index in [2.05, 4.69) is 59.5 Å². The number of fused-ring (bicyclic) bond motifs is 1. The van der Waals surface area contributed by atoms with Gasteiger partial charge in [-0.15, -0.1) is 0 Å². The molecule has 0 aliphatic carbocycles. The van der Waals surface area contributed by atoms with Crippen molar-refractivity contribution in [2.75, 3.05) is 25.1 Å². The molecule has 4 rings (SSSR count). The molecule has 0 radical (unpaired) electrons. The maximum atomic E-state index is 12.9. The number of rotatable bonds is 6. The van der Waals surface area contributed by atoms with E-state index in [1.807, 2.05) is 24.0 Å². The van der Waals surface area contributed by atoms with Crippen molar-refractivity contribution < 1.29 is 9.53 Å². The molecule has 1 aliphatic heterocycles. The average molecular weight is 403 g/mol. The first-order valence-electron chi connectivity index (χ1n) is 10.8. The molecule has 0 saturated carbocycles. The number of hydrogen-bond donors (Lipinski definition) is 0. The second-order valence-corrected chi connectivity index (χ2v) is 8.01. The van der Waals surface area contributed by atoms with Crippen molar-refractivity contribution in [3.63, 3.8) is 0 Å². The molecular formula is C26H30N2O2. The lowest BCUT2D eigenvalue weighted by molar-refractivity contribution is -0.119. The molecule has 0 atom stereocenters. The molecule has 3 aromatic carbocycles. The van der Waals surface area contributed by atoms with Crippen LogP contribution in [0.5, 0.6) is 5.75 Å². The van der Waals surface area contributed by atoms with Gasteiger partial charge in [-0.2, -0.15) is 0 Å². The van der Waals surface area contributed by atoms with Gasteiger partial charge in [-0.05, 0) is 53.4 Å². The van der Waals surface area contributed by atoms with Crippen molar-refractivity contribution in [1.29, 1.82) is 0 Å². The summed E-state index contributed by atoms with van der Waals surface area (Å²) in [5, 5.41) is 2.25. The lowest BCUT2D eigenvalue weighted by Crippen LogP contribution is -2.47. The molecule has 30 heavy (non-hydrogen) atoms. The van der Waals surface area contributed by atoms with E-state index in [9.17, 15) is 4.79 Å². The van der Waals surface area contributed by atoms with Crippen LogP contribution in [0.1, 0.15) is 31.7 Å². The number of anilines is 1. The predicted molar refractivity (Wildman–Crippen MR) is 123 cm³/mol. The Labute approximate surface area is 179 Å². The van der Waals surface area contributed by atoms with Gasteiger partial charge in [0.1, 0.15) is 5.75 Å². The Morgan fingerprint density at radius 1 is 1.00 bits per heavy atom. The highest BCUT2D eigenvalue weighted by Gasteiger charge is 2.28. The van der Waals surface area contributed by atoms with Crippen LogP contribution < -0.4 is 9.64 Å². The molecule has 0 aromatic heterocycles. The number of amides is 1. The third-order valence-corrected chi connectivity index (χ3v) is 6.05. The van der Waals surface area contributed by atoms with E-state index < -0.39 is 0 Å². The minimum atomic E-state index is 0.198. The van der Waals surface area contributed by atoms with Crippen LogP contribution in [-0.2, 0) is 11.3 Å². The van der Waals surface area contributed by atoms with Crippen LogP contribution in [0.3, 0.4) is 0 Å². The van der Waals surface area contributed by atoms with Gasteiger partial charge in [0.25, 0.3) is 0 Å². The van der Waals surface area contributed by atoms with Crippen LogP contribution in [-0.4, -0.2) is 37.0 Å². The van der Waals surface area contributed by atoms with E-state index in [1.54, 1.807) is 7.11 Å². The zero-order valence-corrected chi connectivity index (χ0v) is 17.9. The largest absolute Gasteiger partial charge is 0.497 e. The highest BCUT2D eigenvalue weighted by molar-refractivity contribution is 5.97. The number of nitrogens with zero attached hydrogens (tertiary/aromatic N) is 2. The molecule has 1 saturated heterocycles. The Balaban J connectivity index is 1.51. The molecule has 1 fully saturated rings. The number of piperidine rings is 1. The van der Waals surface area contributed by atoms with E-state index in [0.29, 0.717) is 6.42 Å². The van der Waals surface area contributed by atoms with Gasteiger partial charge < -0.3 is 9.64 Å². The van der Waals surface area contributed by atoms with Gasteiger partial charge in [0.15, 0.2) is 0 Å². The van der Waals surface area contributed by atoms with Gasteiger partial charge in [0.2, 0.25) is 5.91 Å². The summed E-state index contributed by atoms with van der Waals surface area (Å²) < 4.78 is 5.33. The Kier molecular flexibility index (Phi) is 6.34. The molecule has 1 aliphatic rings. The molecule has 0 N–H and O–H groups in total. The molecule has 0 spiro atoms. The lowest BCUT2D eigenvalue weighted by atomic mass is 10.00. The van der Waals surface area contributed by atoms with Crippen molar-refractivity contribution in [3.05, 3.63) is 72.3 Å². The summed E-state index contributed by atoms with van der Waals surface area (Å²) in [6.45, 7) is 4.95. The Morgan fingerprint density at radius 2 is 1.70 bits per heavy atom. The number of methoxy groups -OCH3 is 1. The quantitative estimate of drug-likeness (QED) is 0.564. The first-order valence-corrected chi connectivity index (χ1v) is 10.8.